The Hall–Kier alpha value is -1.03. The van der Waals surface area contributed by atoms with Crippen molar-refractivity contribution in [1.29, 1.82) is 0 Å². The minimum atomic E-state index is -0.865. The second-order valence-electron chi connectivity index (χ2n) is 4.15. The molecule has 1 N–H and O–H groups in total. The second-order valence-corrected chi connectivity index (χ2v) is 5.07. The van der Waals surface area contributed by atoms with Crippen LogP contribution in [0.3, 0.4) is 0 Å². The van der Waals surface area contributed by atoms with Gasteiger partial charge in [0, 0.05) is 17.1 Å². The van der Waals surface area contributed by atoms with Crippen molar-refractivity contribution < 1.29 is 9.90 Å². The van der Waals surface area contributed by atoms with E-state index in [4.69, 9.17) is 0 Å². The van der Waals surface area contributed by atoms with Crippen molar-refractivity contribution in [3.8, 4) is 0 Å². The maximum atomic E-state index is 11.2. The summed E-state index contributed by atoms with van der Waals surface area (Å²) in [5.41, 5.74) is 1.21. The molecular weight excluding hydrogens is 270 g/mol. The van der Waals surface area contributed by atoms with Crippen LogP contribution in [0.2, 0.25) is 0 Å². The van der Waals surface area contributed by atoms with Gasteiger partial charge in [-0.3, -0.25) is 0 Å². The van der Waals surface area contributed by atoms with Gasteiger partial charge in [0.1, 0.15) is 0 Å². The quantitative estimate of drug-likeness (QED) is 0.907. The predicted octanol–water partition coefficient (Wildman–Crippen LogP) is 3.14. The highest BCUT2D eigenvalue weighted by Crippen LogP contribution is 2.30. The molecule has 1 unspecified atom stereocenters. The molecule has 1 heterocycles. The summed E-state index contributed by atoms with van der Waals surface area (Å²) in [5, 5.41) is 9.19. The zero-order valence-electron chi connectivity index (χ0n) is 9.11. The van der Waals surface area contributed by atoms with Gasteiger partial charge in [-0.2, -0.15) is 0 Å². The van der Waals surface area contributed by atoms with Crippen LogP contribution in [0.25, 0.3) is 0 Å². The fourth-order valence-corrected chi connectivity index (χ4v) is 2.58. The number of carbonyl (C=O) groups is 1. The molecule has 0 radical (unpaired) electrons. The van der Waals surface area contributed by atoms with Crippen LogP contribution in [0.1, 0.15) is 30.1 Å². The van der Waals surface area contributed by atoms with Crippen molar-refractivity contribution in [1.82, 2.24) is 0 Å². The van der Waals surface area contributed by atoms with Gasteiger partial charge in [0.05, 0.1) is 11.3 Å². The zero-order chi connectivity index (χ0) is 11.7. The van der Waals surface area contributed by atoms with Crippen LogP contribution in [0.4, 0.5) is 5.69 Å². The van der Waals surface area contributed by atoms with Gasteiger partial charge in [-0.05, 0) is 38.0 Å². The molecule has 16 heavy (non-hydrogen) atoms. The number of carboxylic acid groups (broad SMARTS) is 1. The van der Waals surface area contributed by atoms with E-state index in [9.17, 15) is 9.90 Å². The Morgan fingerprint density at radius 1 is 1.56 bits per heavy atom. The molecule has 1 fully saturated rings. The van der Waals surface area contributed by atoms with E-state index in [1.807, 2.05) is 12.1 Å². The summed E-state index contributed by atoms with van der Waals surface area (Å²) < 4.78 is 0.806. The van der Waals surface area contributed by atoms with E-state index < -0.39 is 5.97 Å². The van der Waals surface area contributed by atoms with Gasteiger partial charge in [-0.25, -0.2) is 4.79 Å². The summed E-state index contributed by atoms with van der Waals surface area (Å²) >= 11 is 3.31. The van der Waals surface area contributed by atoms with Gasteiger partial charge in [0.25, 0.3) is 0 Å². The third kappa shape index (κ3) is 2.07. The molecule has 0 saturated carbocycles. The van der Waals surface area contributed by atoms with Crippen molar-refractivity contribution in [2.75, 3.05) is 11.4 Å². The minimum absolute atomic E-state index is 0.378. The molecule has 0 bridgehead atoms. The summed E-state index contributed by atoms with van der Waals surface area (Å²) in [6, 6.07) is 5.88. The number of carboxylic acids is 1. The molecule has 1 aliphatic heterocycles. The van der Waals surface area contributed by atoms with Crippen LogP contribution in [-0.2, 0) is 0 Å². The monoisotopic (exact) mass is 283 g/mol. The molecule has 86 valence electrons. The molecule has 2 rings (SSSR count). The molecule has 1 aliphatic rings. The molecule has 0 spiro atoms. The lowest BCUT2D eigenvalue weighted by Gasteiger charge is -2.25. The van der Waals surface area contributed by atoms with Gasteiger partial charge in [-0.1, -0.05) is 15.9 Å². The zero-order valence-corrected chi connectivity index (χ0v) is 10.7. The molecule has 1 aromatic carbocycles. The Kier molecular flexibility index (Phi) is 3.19. The number of hydrogen-bond donors (Lipinski definition) is 1. The first-order valence-corrected chi connectivity index (χ1v) is 6.18. The van der Waals surface area contributed by atoms with Crippen LogP contribution >= 0.6 is 15.9 Å². The Morgan fingerprint density at radius 2 is 2.31 bits per heavy atom. The maximum absolute atomic E-state index is 11.2. The van der Waals surface area contributed by atoms with Gasteiger partial charge in [-0.15, -0.1) is 0 Å². The second kappa shape index (κ2) is 4.45. The topological polar surface area (TPSA) is 40.5 Å². The van der Waals surface area contributed by atoms with Gasteiger partial charge >= 0.3 is 5.97 Å². The molecule has 3 nitrogen and oxygen atoms in total. The SMILES string of the molecule is CC1CCCN1c1ccc(Br)cc1C(=O)O. The highest BCUT2D eigenvalue weighted by Gasteiger charge is 2.24. The van der Waals surface area contributed by atoms with Gasteiger partial charge in [0.15, 0.2) is 0 Å². The smallest absolute Gasteiger partial charge is 0.337 e. The number of aromatic carboxylic acids is 1. The third-order valence-electron chi connectivity index (χ3n) is 3.05. The lowest BCUT2D eigenvalue weighted by Crippen LogP contribution is -2.28. The van der Waals surface area contributed by atoms with Crippen LogP contribution < -0.4 is 4.90 Å². The van der Waals surface area contributed by atoms with Gasteiger partial charge < -0.3 is 10.0 Å². The Morgan fingerprint density at radius 3 is 2.88 bits per heavy atom. The largest absolute Gasteiger partial charge is 0.478 e. The van der Waals surface area contributed by atoms with E-state index in [0.29, 0.717) is 11.6 Å². The molecule has 1 atom stereocenters. The first kappa shape index (κ1) is 11.5. The number of nitrogens with zero attached hydrogens (tertiary/aromatic N) is 1. The van der Waals surface area contributed by atoms with E-state index >= 15 is 0 Å². The Balaban J connectivity index is 2.43. The van der Waals surface area contributed by atoms with E-state index in [2.05, 4.69) is 27.8 Å². The number of halogens is 1. The van der Waals surface area contributed by atoms with E-state index in [1.165, 1.54) is 0 Å². The van der Waals surface area contributed by atoms with Crippen molar-refractivity contribution >= 4 is 27.6 Å². The van der Waals surface area contributed by atoms with E-state index in [-0.39, 0.29) is 0 Å². The molecule has 0 amide bonds. The highest BCUT2D eigenvalue weighted by atomic mass is 79.9. The van der Waals surface area contributed by atoms with Crippen molar-refractivity contribution in [3.05, 3.63) is 28.2 Å². The Bertz CT molecular complexity index is 419. The maximum Gasteiger partial charge on any atom is 0.337 e. The first-order valence-electron chi connectivity index (χ1n) is 5.39. The van der Waals surface area contributed by atoms with Gasteiger partial charge in [0.2, 0.25) is 0 Å². The normalized spacial score (nSPS) is 20.1. The van der Waals surface area contributed by atoms with Crippen molar-refractivity contribution in [2.24, 2.45) is 0 Å². The summed E-state index contributed by atoms with van der Waals surface area (Å²) in [5.74, 6) is -0.865. The molecular formula is C12H14BrNO2. The molecule has 0 aromatic heterocycles. The minimum Gasteiger partial charge on any atom is -0.478 e. The standard InChI is InChI=1S/C12H14BrNO2/c1-8-3-2-6-14(8)11-5-4-9(13)7-10(11)12(15)16/h4-5,7-8H,2-3,6H2,1H3,(H,15,16). The summed E-state index contributed by atoms with van der Waals surface area (Å²) in [6.45, 7) is 3.09. The van der Waals surface area contributed by atoms with Crippen LogP contribution in [0.15, 0.2) is 22.7 Å². The third-order valence-corrected chi connectivity index (χ3v) is 3.54. The summed E-state index contributed by atoms with van der Waals surface area (Å²) in [6.07, 6.45) is 2.27. The number of rotatable bonds is 2. The fraction of sp³-hybridized carbons (Fsp3) is 0.417. The summed E-state index contributed by atoms with van der Waals surface area (Å²) in [4.78, 5) is 13.4. The molecule has 4 heteroatoms. The van der Waals surface area contributed by atoms with Crippen LogP contribution in [-0.4, -0.2) is 23.7 Å². The van der Waals surface area contributed by atoms with Crippen LogP contribution in [0.5, 0.6) is 0 Å². The number of benzene rings is 1. The lowest BCUT2D eigenvalue weighted by atomic mass is 10.1. The van der Waals surface area contributed by atoms with Crippen LogP contribution in [0, 0.1) is 0 Å². The number of hydrogen-bond acceptors (Lipinski definition) is 2. The average Bonchev–Trinajstić information content (AvgIpc) is 2.64. The summed E-state index contributed by atoms with van der Waals surface area (Å²) in [7, 11) is 0. The Labute approximate surface area is 103 Å². The molecule has 1 aromatic rings. The van der Waals surface area contributed by atoms with E-state index in [0.717, 1.165) is 29.5 Å². The molecule has 1 saturated heterocycles. The number of anilines is 1. The molecule has 0 aliphatic carbocycles. The van der Waals surface area contributed by atoms with E-state index in [1.54, 1.807) is 6.07 Å². The van der Waals surface area contributed by atoms with Crippen molar-refractivity contribution in [2.45, 2.75) is 25.8 Å². The lowest BCUT2D eigenvalue weighted by molar-refractivity contribution is 0.0697. The fourth-order valence-electron chi connectivity index (χ4n) is 2.22. The average molecular weight is 284 g/mol. The first-order chi connectivity index (χ1) is 7.59. The van der Waals surface area contributed by atoms with Crippen molar-refractivity contribution in [3.63, 3.8) is 0 Å². The highest BCUT2D eigenvalue weighted by molar-refractivity contribution is 9.10. The predicted molar refractivity (Wildman–Crippen MR) is 67.1 cm³/mol.